The summed E-state index contributed by atoms with van der Waals surface area (Å²) in [5.41, 5.74) is 1.50. The molecule has 0 aliphatic heterocycles. The van der Waals surface area contributed by atoms with Crippen LogP contribution in [-0.2, 0) is 11.3 Å². The minimum Gasteiger partial charge on any atom is -0.491 e. The Morgan fingerprint density at radius 2 is 1.82 bits per heavy atom. The average molecular weight is 553 g/mol. The van der Waals surface area contributed by atoms with E-state index in [1.165, 1.54) is 31.3 Å². The number of nitrogens with zero attached hydrogens (tertiary/aromatic N) is 5. The van der Waals surface area contributed by atoms with E-state index in [1.54, 1.807) is 12.3 Å². The molecule has 0 aliphatic carbocycles. The predicted octanol–water partition coefficient (Wildman–Crippen LogP) is 5.65. The average Bonchev–Trinajstić information content (AvgIpc) is 3.30. The van der Waals surface area contributed by atoms with E-state index in [4.69, 9.17) is 25.8 Å². The van der Waals surface area contributed by atoms with Gasteiger partial charge in [0.15, 0.2) is 17.4 Å². The van der Waals surface area contributed by atoms with Gasteiger partial charge in [-0.25, -0.2) is 18.7 Å². The fourth-order valence-corrected chi connectivity index (χ4v) is 4.11. The van der Waals surface area contributed by atoms with Crippen LogP contribution in [0.1, 0.15) is 5.56 Å². The Labute approximate surface area is 227 Å². The van der Waals surface area contributed by atoms with Crippen molar-refractivity contribution in [1.29, 1.82) is 0 Å². The number of rotatable bonds is 10. The van der Waals surface area contributed by atoms with Crippen LogP contribution in [0, 0.1) is 11.6 Å². The lowest BCUT2D eigenvalue weighted by molar-refractivity contribution is 0.146. The lowest BCUT2D eigenvalue weighted by Crippen LogP contribution is -2.09. The summed E-state index contributed by atoms with van der Waals surface area (Å²) in [4.78, 5) is 13.0. The summed E-state index contributed by atoms with van der Waals surface area (Å²) in [6, 6.07) is 11.3. The van der Waals surface area contributed by atoms with Crippen molar-refractivity contribution in [1.82, 2.24) is 24.7 Å². The van der Waals surface area contributed by atoms with Crippen LogP contribution in [0.4, 0.5) is 20.3 Å². The zero-order valence-electron chi connectivity index (χ0n) is 21.0. The third-order valence-corrected chi connectivity index (χ3v) is 6.15. The number of methoxy groups -OCH3 is 2. The zero-order valence-corrected chi connectivity index (χ0v) is 21.7. The Morgan fingerprint density at radius 1 is 1.03 bits per heavy atom. The van der Waals surface area contributed by atoms with Gasteiger partial charge < -0.3 is 19.5 Å². The number of aromatic nitrogens is 5. The van der Waals surface area contributed by atoms with Gasteiger partial charge in [0, 0.05) is 42.6 Å². The van der Waals surface area contributed by atoms with Crippen molar-refractivity contribution in [3.05, 3.63) is 83.3 Å². The summed E-state index contributed by atoms with van der Waals surface area (Å²) in [5.74, 6) is -0.392. The molecule has 0 amide bonds. The zero-order chi connectivity index (χ0) is 27.4. The van der Waals surface area contributed by atoms with Crippen molar-refractivity contribution in [3.8, 4) is 23.0 Å². The first-order valence-electron chi connectivity index (χ1n) is 11.8. The number of ether oxygens (including phenoxy) is 3. The molecule has 3 heterocycles. The number of fused-ring (bicyclic) bond motifs is 1. The maximum Gasteiger partial charge on any atom is 0.183 e. The van der Waals surface area contributed by atoms with Gasteiger partial charge in [-0.05, 0) is 12.1 Å². The van der Waals surface area contributed by atoms with Gasteiger partial charge in [-0.15, -0.1) is 0 Å². The van der Waals surface area contributed by atoms with Gasteiger partial charge in [0.2, 0.25) is 0 Å². The molecule has 3 aromatic heterocycles. The summed E-state index contributed by atoms with van der Waals surface area (Å²) in [6.07, 6.45) is 4.61. The molecular formula is C27H23ClF2N6O3. The molecule has 5 rings (SSSR count). The Morgan fingerprint density at radius 3 is 2.56 bits per heavy atom. The molecule has 0 saturated heterocycles. The number of anilines is 2. The smallest absolute Gasteiger partial charge is 0.183 e. The Balaban J connectivity index is 1.52. The fourth-order valence-electron chi connectivity index (χ4n) is 3.95. The highest BCUT2D eigenvalue weighted by Crippen LogP contribution is 2.33. The van der Waals surface area contributed by atoms with E-state index in [9.17, 15) is 8.78 Å². The highest BCUT2D eigenvalue weighted by atomic mass is 35.5. The van der Waals surface area contributed by atoms with Gasteiger partial charge >= 0.3 is 0 Å². The lowest BCUT2D eigenvalue weighted by Gasteiger charge is -2.11. The molecule has 200 valence electrons. The van der Waals surface area contributed by atoms with Gasteiger partial charge in [-0.1, -0.05) is 29.8 Å². The first-order chi connectivity index (χ1) is 19.0. The molecule has 0 atom stereocenters. The van der Waals surface area contributed by atoms with Crippen LogP contribution in [0.5, 0.6) is 11.5 Å². The van der Waals surface area contributed by atoms with E-state index in [1.807, 2.05) is 24.3 Å². The van der Waals surface area contributed by atoms with Crippen molar-refractivity contribution in [2.24, 2.45) is 0 Å². The van der Waals surface area contributed by atoms with E-state index in [0.29, 0.717) is 45.5 Å². The van der Waals surface area contributed by atoms with Crippen LogP contribution < -0.4 is 14.8 Å². The van der Waals surface area contributed by atoms with Gasteiger partial charge in [0.05, 0.1) is 42.7 Å². The van der Waals surface area contributed by atoms with Crippen molar-refractivity contribution >= 4 is 34.0 Å². The molecule has 12 heteroatoms. The van der Waals surface area contributed by atoms with E-state index in [0.717, 1.165) is 12.1 Å². The number of nitrogens with one attached hydrogen (secondary N) is 1. The highest BCUT2D eigenvalue weighted by Gasteiger charge is 2.20. The number of para-hydroxylation sites is 1. The molecule has 0 aliphatic rings. The molecule has 0 spiro atoms. The summed E-state index contributed by atoms with van der Waals surface area (Å²) >= 11 is 6.25. The predicted molar refractivity (Wildman–Crippen MR) is 143 cm³/mol. The highest BCUT2D eigenvalue weighted by molar-refractivity contribution is 6.33. The van der Waals surface area contributed by atoms with Gasteiger partial charge in [-0.3, -0.25) is 9.67 Å². The van der Waals surface area contributed by atoms with Gasteiger partial charge in [-0.2, -0.15) is 5.10 Å². The standard InChI is InChI=1S/C27H23ClF2N6O3/c1-37-9-10-39-16-11-20(29)18(21(30)12-16)15-36-23-6-4-3-5-17(23)25(35-36)27-32-14-24(38-2)26(34-27)33-22-7-8-31-13-19(22)28/h3-8,11-14H,9-10,15H2,1-2H3,(H,31,32,33,34). The Kier molecular flexibility index (Phi) is 7.80. The number of pyridine rings is 1. The fraction of sp³-hybridized carbons (Fsp3) is 0.185. The molecule has 0 saturated carbocycles. The number of hydrogen-bond donors (Lipinski definition) is 1. The second-order valence-corrected chi connectivity index (χ2v) is 8.73. The largest absolute Gasteiger partial charge is 0.491 e. The van der Waals surface area contributed by atoms with Crippen LogP contribution in [0.2, 0.25) is 5.02 Å². The number of halogens is 3. The van der Waals surface area contributed by atoms with Gasteiger partial charge in [0.25, 0.3) is 0 Å². The number of hydrogen-bond acceptors (Lipinski definition) is 8. The van der Waals surface area contributed by atoms with Gasteiger partial charge in [0.1, 0.15) is 29.7 Å². The molecule has 2 aromatic carbocycles. The topological polar surface area (TPSA) is 96.2 Å². The third-order valence-electron chi connectivity index (χ3n) is 5.85. The SMILES string of the molecule is COCCOc1cc(F)c(Cn2nc(-c3ncc(OC)c(Nc4ccncc4Cl)n3)c3ccccc32)c(F)c1. The van der Waals surface area contributed by atoms with Crippen LogP contribution in [0.15, 0.2) is 61.1 Å². The normalized spacial score (nSPS) is 11.1. The summed E-state index contributed by atoms with van der Waals surface area (Å²) < 4.78 is 47.1. The first-order valence-corrected chi connectivity index (χ1v) is 12.2. The van der Waals surface area contributed by atoms with E-state index < -0.39 is 11.6 Å². The minimum absolute atomic E-state index is 0.0813. The van der Waals surface area contributed by atoms with E-state index in [2.05, 4.69) is 25.4 Å². The molecule has 0 unspecified atom stereocenters. The maximum absolute atomic E-state index is 15.0. The third kappa shape index (κ3) is 5.59. The molecular weight excluding hydrogens is 530 g/mol. The Hall–Kier alpha value is -4.35. The molecule has 5 aromatic rings. The van der Waals surface area contributed by atoms with Crippen molar-refractivity contribution in [2.75, 3.05) is 32.8 Å². The van der Waals surface area contributed by atoms with Crippen LogP contribution >= 0.6 is 11.6 Å². The summed E-state index contributed by atoms with van der Waals surface area (Å²) in [6.45, 7) is 0.311. The molecule has 0 radical (unpaired) electrons. The second-order valence-electron chi connectivity index (χ2n) is 8.32. The molecule has 0 bridgehead atoms. The van der Waals surface area contributed by atoms with Crippen LogP contribution in [0.25, 0.3) is 22.4 Å². The van der Waals surface area contributed by atoms with Crippen LogP contribution in [-0.4, -0.2) is 52.2 Å². The van der Waals surface area contributed by atoms with Crippen molar-refractivity contribution in [2.45, 2.75) is 6.54 Å². The number of benzene rings is 2. The minimum atomic E-state index is -0.745. The van der Waals surface area contributed by atoms with Crippen molar-refractivity contribution < 1.29 is 23.0 Å². The monoisotopic (exact) mass is 552 g/mol. The lowest BCUT2D eigenvalue weighted by atomic mass is 10.1. The van der Waals surface area contributed by atoms with E-state index in [-0.39, 0.29) is 30.3 Å². The van der Waals surface area contributed by atoms with Crippen molar-refractivity contribution in [3.63, 3.8) is 0 Å². The van der Waals surface area contributed by atoms with E-state index >= 15 is 0 Å². The summed E-state index contributed by atoms with van der Waals surface area (Å²) in [5, 5.41) is 8.88. The Bertz CT molecular complexity index is 1610. The molecule has 0 fully saturated rings. The molecule has 39 heavy (non-hydrogen) atoms. The van der Waals surface area contributed by atoms with Crippen LogP contribution in [0.3, 0.4) is 0 Å². The molecule has 9 nitrogen and oxygen atoms in total. The summed E-state index contributed by atoms with van der Waals surface area (Å²) in [7, 11) is 3.01. The quantitative estimate of drug-likeness (QED) is 0.222. The first kappa shape index (κ1) is 26.3. The maximum atomic E-state index is 15.0. The second kappa shape index (κ2) is 11.6. The molecule has 1 N–H and O–H groups in total.